The lowest BCUT2D eigenvalue weighted by Crippen LogP contribution is -2.25. The van der Waals surface area contributed by atoms with Gasteiger partial charge in [0.25, 0.3) is 0 Å². The maximum Gasteiger partial charge on any atom is 0.229 e. The second-order valence-electron chi connectivity index (χ2n) is 4.62. The third kappa shape index (κ3) is 2.78. The molecule has 1 atom stereocenters. The number of nitrogen functional groups attached to an aromatic ring is 1. The summed E-state index contributed by atoms with van der Waals surface area (Å²) in [4.78, 5) is 25.0. The van der Waals surface area contributed by atoms with Crippen molar-refractivity contribution in [2.75, 3.05) is 31.8 Å². The molecule has 1 unspecified atom stereocenters. The van der Waals surface area contributed by atoms with Gasteiger partial charge >= 0.3 is 0 Å². The molecule has 0 bridgehead atoms. The van der Waals surface area contributed by atoms with Gasteiger partial charge in [-0.3, -0.25) is 9.59 Å². The lowest BCUT2D eigenvalue weighted by Gasteiger charge is -2.12. The van der Waals surface area contributed by atoms with Crippen molar-refractivity contribution in [3.05, 3.63) is 18.2 Å². The van der Waals surface area contributed by atoms with Crippen LogP contribution in [0.25, 0.3) is 0 Å². The van der Waals surface area contributed by atoms with E-state index in [2.05, 4.69) is 5.32 Å². The fourth-order valence-corrected chi connectivity index (χ4v) is 2.10. The zero-order valence-corrected chi connectivity index (χ0v) is 11.0. The van der Waals surface area contributed by atoms with Gasteiger partial charge in [-0.1, -0.05) is 0 Å². The zero-order valence-electron chi connectivity index (χ0n) is 11.0. The Labute approximate surface area is 111 Å². The topological polar surface area (TPSA) is 84.7 Å². The van der Waals surface area contributed by atoms with E-state index < -0.39 is 0 Å². The summed E-state index contributed by atoms with van der Waals surface area (Å²) in [7, 11) is 3.23. The first-order chi connectivity index (χ1) is 9.01. The predicted octanol–water partition coefficient (Wildman–Crippen LogP) is 0.694. The van der Waals surface area contributed by atoms with Gasteiger partial charge in [0, 0.05) is 25.7 Å². The number of ether oxygens (including phenoxy) is 1. The first-order valence-electron chi connectivity index (χ1n) is 5.99. The monoisotopic (exact) mass is 263 g/mol. The van der Waals surface area contributed by atoms with Gasteiger partial charge in [-0.15, -0.1) is 0 Å². The van der Waals surface area contributed by atoms with E-state index in [1.54, 1.807) is 30.1 Å². The molecule has 0 saturated carbocycles. The van der Waals surface area contributed by atoms with E-state index in [-0.39, 0.29) is 24.2 Å². The molecule has 1 aromatic rings. The summed E-state index contributed by atoms with van der Waals surface area (Å²) in [5.41, 5.74) is 6.83. The molecule has 1 aromatic carbocycles. The maximum absolute atomic E-state index is 12.0. The van der Waals surface area contributed by atoms with Crippen LogP contribution >= 0.6 is 0 Å². The van der Waals surface area contributed by atoms with Gasteiger partial charge in [0.1, 0.15) is 5.75 Å². The Morgan fingerprint density at radius 1 is 1.53 bits per heavy atom. The van der Waals surface area contributed by atoms with Crippen LogP contribution in [0.15, 0.2) is 18.2 Å². The number of rotatable bonds is 3. The Bertz CT molecular complexity index is 516. The molecule has 19 heavy (non-hydrogen) atoms. The SMILES string of the molecule is COc1ccc(NC(=O)C2CC(=O)N(C)C2)cc1N. The van der Waals surface area contributed by atoms with Gasteiger partial charge in [0.05, 0.1) is 18.7 Å². The minimum Gasteiger partial charge on any atom is -0.495 e. The Morgan fingerprint density at radius 2 is 2.26 bits per heavy atom. The van der Waals surface area contributed by atoms with Crippen molar-refractivity contribution in [2.24, 2.45) is 5.92 Å². The molecular weight excluding hydrogens is 246 g/mol. The minimum absolute atomic E-state index is 0.00519. The molecule has 1 fully saturated rings. The average molecular weight is 263 g/mol. The molecule has 0 spiro atoms. The number of hydrogen-bond acceptors (Lipinski definition) is 4. The average Bonchev–Trinajstić information content (AvgIpc) is 2.70. The molecule has 1 heterocycles. The van der Waals surface area contributed by atoms with E-state index in [0.29, 0.717) is 23.7 Å². The van der Waals surface area contributed by atoms with Gasteiger partial charge in [-0.25, -0.2) is 0 Å². The molecule has 102 valence electrons. The van der Waals surface area contributed by atoms with Gasteiger partial charge in [0.15, 0.2) is 0 Å². The Hall–Kier alpha value is -2.24. The fraction of sp³-hybridized carbons (Fsp3) is 0.385. The summed E-state index contributed by atoms with van der Waals surface area (Å²) < 4.78 is 5.04. The number of nitrogens with one attached hydrogen (secondary N) is 1. The highest BCUT2D eigenvalue weighted by Crippen LogP contribution is 2.25. The molecule has 2 rings (SSSR count). The molecule has 1 aliphatic heterocycles. The van der Waals surface area contributed by atoms with Crippen molar-refractivity contribution in [1.29, 1.82) is 0 Å². The quantitative estimate of drug-likeness (QED) is 0.786. The van der Waals surface area contributed by atoms with Gasteiger partial charge in [-0.05, 0) is 18.2 Å². The van der Waals surface area contributed by atoms with Crippen molar-refractivity contribution in [2.45, 2.75) is 6.42 Å². The normalized spacial score (nSPS) is 18.5. The van der Waals surface area contributed by atoms with Crippen LogP contribution in [0.4, 0.5) is 11.4 Å². The number of nitrogens with zero attached hydrogens (tertiary/aromatic N) is 1. The molecule has 2 amide bonds. The largest absolute Gasteiger partial charge is 0.495 e. The second kappa shape index (κ2) is 5.17. The van der Waals surface area contributed by atoms with Gasteiger partial charge in [-0.2, -0.15) is 0 Å². The highest BCUT2D eigenvalue weighted by molar-refractivity contribution is 5.97. The molecule has 1 saturated heterocycles. The van der Waals surface area contributed by atoms with Gasteiger partial charge in [0.2, 0.25) is 11.8 Å². The maximum atomic E-state index is 12.0. The van der Waals surface area contributed by atoms with Crippen molar-refractivity contribution >= 4 is 23.2 Å². The third-order valence-corrected chi connectivity index (χ3v) is 3.21. The number of carbonyl (C=O) groups is 2. The standard InChI is InChI=1S/C13H17N3O3/c1-16-7-8(5-12(16)17)13(18)15-9-3-4-11(19-2)10(14)6-9/h3-4,6,8H,5,7,14H2,1-2H3,(H,15,18). The molecular formula is C13H17N3O3. The zero-order chi connectivity index (χ0) is 14.0. The van der Waals surface area contributed by atoms with Crippen LogP contribution in [0.5, 0.6) is 5.75 Å². The number of benzene rings is 1. The van der Waals surface area contributed by atoms with E-state index in [1.165, 1.54) is 7.11 Å². The second-order valence-corrected chi connectivity index (χ2v) is 4.62. The lowest BCUT2D eigenvalue weighted by atomic mass is 10.1. The summed E-state index contributed by atoms with van der Waals surface area (Å²) in [6, 6.07) is 5.04. The molecule has 0 radical (unpaired) electrons. The van der Waals surface area contributed by atoms with Crippen LogP contribution in [0.3, 0.4) is 0 Å². The Balaban J connectivity index is 2.03. The highest BCUT2D eigenvalue weighted by Gasteiger charge is 2.32. The van der Waals surface area contributed by atoms with Crippen molar-refractivity contribution in [3.8, 4) is 5.75 Å². The number of nitrogens with two attached hydrogens (primary N) is 1. The predicted molar refractivity (Wildman–Crippen MR) is 71.8 cm³/mol. The van der Waals surface area contributed by atoms with Crippen molar-refractivity contribution in [1.82, 2.24) is 4.90 Å². The van der Waals surface area contributed by atoms with Crippen LogP contribution in [0, 0.1) is 5.92 Å². The van der Waals surface area contributed by atoms with E-state index in [0.717, 1.165) is 0 Å². The van der Waals surface area contributed by atoms with E-state index in [4.69, 9.17) is 10.5 Å². The summed E-state index contributed by atoms with van der Waals surface area (Å²) in [5.74, 6) is 0.0891. The Kier molecular flexibility index (Phi) is 3.59. The van der Waals surface area contributed by atoms with Crippen molar-refractivity contribution in [3.63, 3.8) is 0 Å². The van der Waals surface area contributed by atoms with E-state index in [1.807, 2.05) is 0 Å². The lowest BCUT2D eigenvalue weighted by molar-refractivity contribution is -0.127. The van der Waals surface area contributed by atoms with Crippen LogP contribution < -0.4 is 15.8 Å². The summed E-state index contributed by atoms with van der Waals surface area (Å²) in [6.07, 6.45) is 0.258. The molecule has 6 heteroatoms. The first kappa shape index (κ1) is 13.2. The number of likely N-dealkylation sites (tertiary alicyclic amines) is 1. The van der Waals surface area contributed by atoms with Crippen LogP contribution in [0.1, 0.15) is 6.42 Å². The van der Waals surface area contributed by atoms with E-state index >= 15 is 0 Å². The molecule has 0 aliphatic carbocycles. The number of anilines is 2. The van der Waals surface area contributed by atoms with Gasteiger partial charge < -0.3 is 20.7 Å². The number of amides is 2. The molecule has 3 N–H and O–H groups in total. The number of methoxy groups -OCH3 is 1. The summed E-state index contributed by atoms with van der Waals surface area (Å²) >= 11 is 0. The third-order valence-electron chi connectivity index (χ3n) is 3.21. The summed E-state index contributed by atoms with van der Waals surface area (Å²) in [5, 5.41) is 2.76. The Morgan fingerprint density at radius 3 is 2.79 bits per heavy atom. The molecule has 1 aliphatic rings. The molecule has 0 aromatic heterocycles. The van der Waals surface area contributed by atoms with Crippen LogP contribution in [0.2, 0.25) is 0 Å². The summed E-state index contributed by atoms with van der Waals surface area (Å²) in [6.45, 7) is 0.455. The minimum atomic E-state index is -0.305. The first-order valence-corrected chi connectivity index (χ1v) is 5.99. The van der Waals surface area contributed by atoms with Crippen molar-refractivity contribution < 1.29 is 14.3 Å². The fourth-order valence-electron chi connectivity index (χ4n) is 2.10. The number of carbonyl (C=O) groups excluding carboxylic acids is 2. The van der Waals surface area contributed by atoms with Crippen LogP contribution in [-0.4, -0.2) is 37.4 Å². The molecule has 6 nitrogen and oxygen atoms in total. The highest BCUT2D eigenvalue weighted by atomic mass is 16.5. The number of hydrogen-bond donors (Lipinski definition) is 2. The van der Waals surface area contributed by atoms with Crippen LogP contribution in [-0.2, 0) is 9.59 Å². The smallest absolute Gasteiger partial charge is 0.229 e. The van der Waals surface area contributed by atoms with E-state index in [9.17, 15) is 9.59 Å².